The van der Waals surface area contributed by atoms with Gasteiger partial charge >= 0.3 is 11.9 Å². The van der Waals surface area contributed by atoms with E-state index in [1.54, 1.807) is 42.5 Å². The topological polar surface area (TPSA) is 129 Å². The van der Waals surface area contributed by atoms with Gasteiger partial charge in [-0.15, -0.1) is 0 Å². The Kier molecular flexibility index (Phi) is 7.41. The number of hydrogen-bond acceptors (Lipinski definition) is 8. The number of halogens is 2. The summed E-state index contributed by atoms with van der Waals surface area (Å²) in [4.78, 5) is 27.4. The molecule has 1 atom stereocenters. The molecule has 1 aliphatic rings. The highest BCUT2D eigenvalue weighted by molar-refractivity contribution is 14.1. The van der Waals surface area contributed by atoms with E-state index in [1.807, 2.05) is 22.6 Å². The van der Waals surface area contributed by atoms with Crippen LogP contribution in [0.1, 0.15) is 17.0 Å². The molecule has 0 amide bonds. The van der Waals surface area contributed by atoms with E-state index in [0.717, 1.165) is 7.11 Å². The van der Waals surface area contributed by atoms with Crippen LogP contribution in [-0.2, 0) is 19.1 Å². The van der Waals surface area contributed by atoms with Crippen LogP contribution >= 0.6 is 38.5 Å². The predicted octanol–water partition coefficient (Wildman–Crippen LogP) is 3.82. The van der Waals surface area contributed by atoms with Crippen LogP contribution in [0.3, 0.4) is 0 Å². The Morgan fingerprint density at radius 2 is 1.73 bits per heavy atom. The standard InChI is InChI=1S/C23H16BrIN4O4/c1-32-22(30)18-17(12-6-4-3-5-7-12)15(11-27)21(28)29(20(18)23(31)33-2)19-13(10-26)8-14(24)9-16(19)25/h3-9,17H,28H2,1-2H3. The average molecular weight is 619 g/mol. The van der Waals surface area contributed by atoms with Crippen LogP contribution in [0.2, 0.25) is 0 Å². The number of anilines is 1. The molecule has 2 aromatic carbocycles. The molecule has 33 heavy (non-hydrogen) atoms. The maximum absolute atomic E-state index is 13.1. The average Bonchev–Trinajstić information content (AvgIpc) is 2.82. The number of esters is 2. The molecule has 0 bridgehead atoms. The SMILES string of the molecule is COC(=O)C1=C(C(=O)OC)N(c2c(I)cc(Br)cc2C#N)C(N)=C(C#N)C1c1ccccc1. The van der Waals surface area contributed by atoms with E-state index in [9.17, 15) is 20.1 Å². The normalized spacial score (nSPS) is 15.6. The van der Waals surface area contributed by atoms with Gasteiger partial charge in [-0.1, -0.05) is 46.3 Å². The van der Waals surface area contributed by atoms with E-state index in [-0.39, 0.29) is 33.9 Å². The van der Waals surface area contributed by atoms with Gasteiger partial charge in [0.2, 0.25) is 0 Å². The number of carbonyl (C=O) groups is 2. The fourth-order valence-electron chi connectivity index (χ4n) is 3.62. The zero-order valence-electron chi connectivity index (χ0n) is 17.4. The third-order valence-corrected chi connectivity index (χ3v) is 6.26. The molecule has 1 heterocycles. The number of hydrogen-bond donors (Lipinski definition) is 1. The van der Waals surface area contributed by atoms with Gasteiger partial charge in [0.25, 0.3) is 0 Å². The molecule has 1 unspecified atom stereocenters. The molecule has 3 rings (SSSR count). The lowest BCUT2D eigenvalue weighted by Crippen LogP contribution is -2.41. The Morgan fingerprint density at radius 3 is 2.27 bits per heavy atom. The van der Waals surface area contributed by atoms with Crippen LogP contribution in [0.4, 0.5) is 5.69 Å². The molecule has 1 aliphatic heterocycles. The molecule has 0 fully saturated rings. The zero-order chi connectivity index (χ0) is 24.3. The summed E-state index contributed by atoms with van der Waals surface area (Å²) < 4.78 is 11.2. The third kappa shape index (κ3) is 4.32. The van der Waals surface area contributed by atoms with Crippen molar-refractivity contribution in [3.63, 3.8) is 0 Å². The Hall–Kier alpha value is -3.35. The first-order valence-electron chi connectivity index (χ1n) is 9.35. The van der Waals surface area contributed by atoms with E-state index in [0.29, 0.717) is 13.6 Å². The van der Waals surface area contributed by atoms with Crippen LogP contribution in [-0.4, -0.2) is 26.2 Å². The zero-order valence-corrected chi connectivity index (χ0v) is 21.2. The van der Waals surface area contributed by atoms with Crippen molar-refractivity contribution in [2.75, 3.05) is 19.1 Å². The van der Waals surface area contributed by atoms with Crippen molar-refractivity contribution < 1.29 is 19.1 Å². The lowest BCUT2D eigenvalue weighted by molar-refractivity contribution is -0.139. The number of rotatable bonds is 4. The molecule has 2 aromatic rings. The molecule has 0 spiro atoms. The molecule has 0 saturated heterocycles. The van der Waals surface area contributed by atoms with Gasteiger partial charge < -0.3 is 15.2 Å². The number of allylic oxidation sites excluding steroid dienone is 1. The molecule has 2 N–H and O–H groups in total. The summed E-state index contributed by atoms with van der Waals surface area (Å²) in [5, 5.41) is 19.9. The van der Waals surface area contributed by atoms with E-state index in [2.05, 4.69) is 28.1 Å². The first-order valence-corrected chi connectivity index (χ1v) is 11.2. The van der Waals surface area contributed by atoms with Gasteiger partial charge in [-0.3, -0.25) is 4.90 Å². The van der Waals surface area contributed by atoms with Crippen LogP contribution < -0.4 is 10.6 Å². The van der Waals surface area contributed by atoms with Gasteiger partial charge in [0.15, 0.2) is 0 Å². The monoisotopic (exact) mass is 618 g/mol. The smallest absolute Gasteiger partial charge is 0.355 e. The second kappa shape index (κ2) is 10.1. The van der Waals surface area contributed by atoms with Gasteiger partial charge in [-0.2, -0.15) is 10.5 Å². The summed E-state index contributed by atoms with van der Waals surface area (Å²) in [7, 11) is 2.34. The Balaban J connectivity index is 2.51. The predicted molar refractivity (Wildman–Crippen MR) is 131 cm³/mol. The van der Waals surface area contributed by atoms with Crippen molar-refractivity contribution in [3.8, 4) is 12.1 Å². The van der Waals surface area contributed by atoms with Gasteiger partial charge in [-0.05, 0) is 40.3 Å². The highest BCUT2D eigenvalue weighted by Crippen LogP contribution is 2.45. The second-order valence-electron chi connectivity index (χ2n) is 6.73. The van der Waals surface area contributed by atoms with Gasteiger partial charge in [0.1, 0.15) is 17.6 Å². The van der Waals surface area contributed by atoms with E-state index < -0.39 is 17.9 Å². The minimum atomic E-state index is -0.979. The number of nitriles is 2. The van der Waals surface area contributed by atoms with E-state index in [1.165, 1.54) is 12.0 Å². The Labute approximate surface area is 212 Å². The highest BCUT2D eigenvalue weighted by atomic mass is 127. The number of nitrogens with two attached hydrogens (primary N) is 1. The summed E-state index contributed by atoms with van der Waals surface area (Å²) in [6.07, 6.45) is 0. The Morgan fingerprint density at radius 1 is 1.09 bits per heavy atom. The number of ether oxygens (including phenoxy) is 2. The van der Waals surface area contributed by atoms with Crippen molar-refractivity contribution in [1.29, 1.82) is 10.5 Å². The maximum Gasteiger partial charge on any atom is 0.355 e. The van der Waals surface area contributed by atoms with Crippen molar-refractivity contribution >= 4 is 56.1 Å². The number of carbonyl (C=O) groups excluding carboxylic acids is 2. The Bertz CT molecular complexity index is 1290. The van der Waals surface area contributed by atoms with Gasteiger partial charge in [0, 0.05) is 8.04 Å². The molecule has 10 heteroatoms. The van der Waals surface area contributed by atoms with Gasteiger partial charge in [0.05, 0.1) is 48.6 Å². The summed E-state index contributed by atoms with van der Waals surface area (Å²) in [5.74, 6) is -2.79. The third-order valence-electron chi connectivity index (χ3n) is 4.98. The summed E-state index contributed by atoms with van der Waals surface area (Å²) in [5.41, 5.74) is 7.11. The highest BCUT2D eigenvalue weighted by Gasteiger charge is 2.44. The van der Waals surface area contributed by atoms with Crippen molar-refractivity contribution in [1.82, 2.24) is 0 Å². The number of methoxy groups -OCH3 is 2. The van der Waals surface area contributed by atoms with Crippen LogP contribution in [0.5, 0.6) is 0 Å². The quantitative estimate of drug-likeness (QED) is 0.404. The molecule has 166 valence electrons. The number of nitrogens with zero attached hydrogens (tertiary/aromatic N) is 3. The van der Waals surface area contributed by atoms with Crippen LogP contribution in [0, 0.1) is 26.2 Å². The lowest BCUT2D eigenvalue weighted by atomic mass is 9.80. The van der Waals surface area contributed by atoms with Crippen LogP contribution in [0.25, 0.3) is 0 Å². The summed E-state index contributed by atoms with van der Waals surface area (Å²) in [6, 6.07) is 16.1. The molecule has 0 radical (unpaired) electrons. The summed E-state index contributed by atoms with van der Waals surface area (Å²) in [6.45, 7) is 0. The van der Waals surface area contributed by atoms with Crippen molar-refractivity contribution in [3.05, 3.63) is 84.3 Å². The lowest BCUT2D eigenvalue weighted by Gasteiger charge is -2.36. The molecule has 0 saturated carbocycles. The fourth-order valence-corrected chi connectivity index (χ4v) is 5.38. The molecule has 8 nitrogen and oxygen atoms in total. The van der Waals surface area contributed by atoms with E-state index in [4.69, 9.17) is 15.2 Å². The first kappa shape index (κ1) is 24.3. The summed E-state index contributed by atoms with van der Waals surface area (Å²) >= 11 is 5.34. The number of benzene rings is 2. The van der Waals surface area contributed by atoms with Crippen molar-refractivity contribution in [2.45, 2.75) is 5.92 Å². The first-order chi connectivity index (χ1) is 15.8. The maximum atomic E-state index is 13.1. The molecular formula is C23H16BrIN4O4. The largest absolute Gasteiger partial charge is 0.466 e. The molecular weight excluding hydrogens is 603 g/mol. The molecule has 0 aliphatic carbocycles. The second-order valence-corrected chi connectivity index (χ2v) is 8.81. The minimum absolute atomic E-state index is 0.0249. The van der Waals surface area contributed by atoms with E-state index >= 15 is 0 Å². The van der Waals surface area contributed by atoms with Crippen LogP contribution in [0.15, 0.2) is 69.6 Å². The van der Waals surface area contributed by atoms with Gasteiger partial charge in [-0.25, -0.2) is 9.59 Å². The fraction of sp³-hybridized carbons (Fsp3) is 0.130. The minimum Gasteiger partial charge on any atom is -0.466 e. The van der Waals surface area contributed by atoms with Crippen molar-refractivity contribution in [2.24, 2.45) is 5.73 Å². The molecule has 0 aromatic heterocycles.